The highest BCUT2D eigenvalue weighted by Crippen LogP contribution is 2.36. The predicted octanol–water partition coefficient (Wildman–Crippen LogP) is 4.56. The molecule has 0 fully saturated rings. The van der Waals surface area contributed by atoms with Crippen LogP contribution in [-0.2, 0) is 11.2 Å². The molecule has 128 valence electrons. The van der Waals surface area contributed by atoms with Crippen LogP contribution in [0.4, 0.5) is 0 Å². The van der Waals surface area contributed by atoms with E-state index in [1.165, 1.54) is 0 Å². The molecule has 2 aromatic rings. The Morgan fingerprint density at radius 1 is 1.04 bits per heavy atom. The monoisotopic (exact) mass is 769 g/mol. The molecule has 0 amide bonds. The highest BCUT2D eigenvalue weighted by Gasteiger charge is 2.16. The first kappa shape index (κ1) is 20.7. The van der Waals surface area contributed by atoms with Gasteiger partial charge in [-0.1, -0.05) is 0 Å². The van der Waals surface area contributed by atoms with Crippen molar-refractivity contribution in [3.8, 4) is 17.2 Å². The molecule has 1 unspecified atom stereocenters. The molecular weight excluding hydrogens is 758 g/mol. The average molecular weight is 769 g/mol. The molecule has 1 atom stereocenters. The van der Waals surface area contributed by atoms with Crippen LogP contribution in [0.5, 0.6) is 17.2 Å². The van der Waals surface area contributed by atoms with Crippen LogP contribution in [0.1, 0.15) is 5.56 Å². The lowest BCUT2D eigenvalue weighted by molar-refractivity contribution is -0.138. The summed E-state index contributed by atoms with van der Waals surface area (Å²) in [6.45, 7) is 0. The van der Waals surface area contributed by atoms with Crippen molar-refractivity contribution in [3.63, 3.8) is 0 Å². The zero-order chi connectivity index (χ0) is 18.0. The van der Waals surface area contributed by atoms with Crippen molar-refractivity contribution in [2.45, 2.75) is 12.5 Å². The Balaban J connectivity index is 2.30. The van der Waals surface area contributed by atoms with Crippen LogP contribution in [-0.4, -0.2) is 22.2 Å². The van der Waals surface area contributed by atoms with Crippen LogP contribution >= 0.6 is 90.4 Å². The summed E-state index contributed by atoms with van der Waals surface area (Å²) in [4.78, 5) is 10.9. The van der Waals surface area contributed by atoms with Gasteiger partial charge in [0.15, 0.2) is 5.75 Å². The number of hydrogen-bond donors (Lipinski definition) is 3. The summed E-state index contributed by atoms with van der Waals surface area (Å²) in [5.74, 6) is 0.549. The maximum Gasteiger partial charge on any atom is 0.320 e. The van der Waals surface area contributed by atoms with Gasteiger partial charge in [-0.15, -0.1) is 0 Å². The topological polar surface area (TPSA) is 92.8 Å². The van der Waals surface area contributed by atoms with Gasteiger partial charge in [0.2, 0.25) is 0 Å². The molecule has 0 aliphatic carbocycles. The Hall–Kier alpha value is 0.390. The molecule has 5 nitrogen and oxygen atoms in total. The van der Waals surface area contributed by atoms with E-state index in [2.05, 4.69) is 90.4 Å². The van der Waals surface area contributed by atoms with Crippen LogP contribution in [0.15, 0.2) is 24.3 Å². The van der Waals surface area contributed by atoms with Crippen LogP contribution in [0, 0.1) is 14.3 Å². The van der Waals surface area contributed by atoms with Crippen LogP contribution in [0.2, 0.25) is 0 Å². The molecule has 0 saturated carbocycles. The number of carboxylic acids is 1. The first-order valence-electron chi connectivity index (χ1n) is 6.51. The molecule has 24 heavy (non-hydrogen) atoms. The van der Waals surface area contributed by atoms with Crippen molar-refractivity contribution >= 4 is 96.3 Å². The fraction of sp³-hybridized carbons (Fsp3) is 0.133. The molecule has 2 rings (SSSR count). The Bertz CT molecular complexity index is 751. The summed E-state index contributed by atoms with van der Waals surface area (Å²) in [6, 6.07) is 6.34. The fourth-order valence-electron chi connectivity index (χ4n) is 1.89. The molecule has 0 radical (unpaired) electrons. The minimum Gasteiger partial charge on any atom is -0.506 e. The van der Waals surface area contributed by atoms with E-state index in [9.17, 15) is 9.90 Å². The highest BCUT2D eigenvalue weighted by molar-refractivity contribution is 14.1. The zero-order valence-electron chi connectivity index (χ0n) is 11.9. The van der Waals surface area contributed by atoms with Crippen LogP contribution in [0.25, 0.3) is 0 Å². The first-order valence-corrected chi connectivity index (χ1v) is 10.8. The molecule has 0 aliphatic rings. The van der Waals surface area contributed by atoms with E-state index >= 15 is 0 Å². The van der Waals surface area contributed by atoms with Gasteiger partial charge in [0, 0.05) is 0 Å². The third kappa shape index (κ3) is 5.20. The first-order chi connectivity index (χ1) is 11.2. The van der Waals surface area contributed by atoms with E-state index in [1.807, 2.05) is 12.1 Å². The maximum atomic E-state index is 10.9. The number of ether oxygens (including phenoxy) is 1. The number of carboxylic acid groups (broad SMARTS) is 1. The molecule has 9 heteroatoms. The quantitative estimate of drug-likeness (QED) is 0.389. The summed E-state index contributed by atoms with van der Waals surface area (Å²) >= 11 is 8.42. The Morgan fingerprint density at radius 3 is 2.00 bits per heavy atom. The van der Waals surface area contributed by atoms with E-state index < -0.39 is 12.0 Å². The van der Waals surface area contributed by atoms with Gasteiger partial charge in [-0.2, -0.15) is 0 Å². The number of rotatable bonds is 5. The van der Waals surface area contributed by atoms with Crippen molar-refractivity contribution in [2.75, 3.05) is 0 Å². The van der Waals surface area contributed by atoms with Gasteiger partial charge in [0.25, 0.3) is 0 Å². The molecule has 0 aromatic heterocycles. The standard InChI is InChI=1S/C15H11I4NO4/c16-8-4-7(5-9(17)13(8)21)24-14-10(18)1-6(2-11(14)19)3-12(20)15(22)23/h1-2,4-5,12,21H,3,20H2,(H,22,23)/i16-2,17-2,18-2,19-2. The van der Waals surface area contributed by atoms with E-state index in [-0.39, 0.29) is 12.2 Å². The lowest BCUT2D eigenvalue weighted by Crippen LogP contribution is -2.32. The summed E-state index contributed by atoms with van der Waals surface area (Å²) in [5, 5.41) is 18.8. The Kier molecular flexibility index (Phi) is 7.64. The number of nitrogens with two attached hydrogens (primary N) is 1. The second-order valence-corrected chi connectivity index (χ2v) is 9.52. The van der Waals surface area contributed by atoms with Gasteiger partial charge in [-0.25, -0.2) is 0 Å². The highest BCUT2D eigenvalue weighted by atomic mass is 125. The van der Waals surface area contributed by atoms with Crippen molar-refractivity contribution < 1.29 is 19.7 Å². The SMILES string of the molecule is NC(Cc1cc([125I])c(Oc2cc([125I])c(O)c([125I])c2)c([125I])c1)C(=O)O. The van der Waals surface area contributed by atoms with Crippen LogP contribution < -0.4 is 10.5 Å². The van der Waals surface area contributed by atoms with E-state index in [4.69, 9.17) is 15.6 Å². The van der Waals surface area contributed by atoms with Gasteiger partial charge < -0.3 is 20.7 Å². The lowest BCUT2D eigenvalue weighted by atomic mass is 10.1. The molecule has 4 N–H and O–H groups in total. The van der Waals surface area contributed by atoms with E-state index in [0.29, 0.717) is 18.6 Å². The molecule has 0 spiro atoms. The number of phenolic OH excluding ortho intramolecular Hbond substituents is 1. The average Bonchev–Trinajstić information content (AvgIpc) is 2.48. The minimum absolute atomic E-state index is 0.242. The number of aromatic hydroxyl groups is 1. The van der Waals surface area contributed by atoms with E-state index in [0.717, 1.165) is 12.7 Å². The number of halogens is 4. The normalized spacial score (nSPS) is 12.0. The van der Waals surface area contributed by atoms with Gasteiger partial charge >= 0.3 is 5.97 Å². The second kappa shape index (κ2) is 8.85. The van der Waals surface area contributed by atoms with Crippen LogP contribution in [0.3, 0.4) is 0 Å². The number of aliphatic carboxylic acids is 1. The minimum atomic E-state index is -1.02. The zero-order valence-corrected chi connectivity index (χ0v) is 20.5. The summed E-state index contributed by atoms with van der Waals surface area (Å²) < 4.78 is 9.14. The van der Waals surface area contributed by atoms with Crippen molar-refractivity contribution in [3.05, 3.63) is 44.1 Å². The molecule has 0 saturated heterocycles. The van der Waals surface area contributed by atoms with Gasteiger partial charge in [-0.3, -0.25) is 4.79 Å². The van der Waals surface area contributed by atoms with Crippen molar-refractivity contribution in [1.29, 1.82) is 0 Å². The third-order valence-electron chi connectivity index (χ3n) is 3.04. The number of phenols is 1. The molecule has 0 aliphatic heterocycles. The molecule has 0 bridgehead atoms. The summed E-state index contributed by atoms with van der Waals surface area (Å²) in [6.07, 6.45) is 0.261. The third-order valence-corrected chi connectivity index (χ3v) is 6.29. The van der Waals surface area contributed by atoms with Crippen molar-refractivity contribution in [1.82, 2.24) is 0 Å². The summed E-state index contributed by atoms with van der Waals surface area (Å²) in [5.41, 5.74) is 6.44. The van der Waals surface area contributed by atoms with Crippen molar-refractivity contribution in [2.24, 2.45) is 5.73 Å². The summed E-state index contributed by atoms with van der Waals surface area (Å²) in [7, 11) is 0. The van der Waals surface area contributed by atoms with E-state index in [1.54, 1.807) is 12.1 Å². The predicted molar refractivity (Wildman–Crippen MR) is 125 cm³/mol. The smallest absolute Gasteiger partial charge is 0.320 e. The van der Waals surface area contributed by atoms with Gasteiger partial charge in [-0.05, 0) is 127 Å². The van der Waals surface area contributed by atoms with Gasteiger partial charge in [0.1, 0.15) is 17.5 Å². The number of benzene rings is 2. The van der Waals surface area contributed by atoms with Gasteiger partial charge in [0.05, 0.1) is 14.3 Å². The molecular formula is C15H11I4NO4. The maximum absolute atomic E-state index is 10.9. The Labute approximate surface area is 193 Å². The second-order valence-electron chi connectivity index (χ2n) is 4.88. The Morgan fingerprint density at radius 2 is 1.54 bits per heavy atom. The lowest BCUT2D eigenvalue weighted by Gasteiger charge is -2.14. The molecule has 2 aromatic carbocycles. The molecule has 0 heterocycles. The largest absolute Gasteiger partial charge is 0.506 e. The number of carbonyl (C=O) groups is 1. The fourth-order valence-corrected chi connectivity index (χ4v) is 5.72. The number of hydrogen-bond acceptors (Lipinski definition) is 4.